The van der Waals surface area contributed by atoms with Crippen LogP contribution in [0.3, 0.4) is 0 Å². The van der Waals surface area contributed by atoms with Crippen LogP contribution in [0.5, 0.6) is 0 Å². The molecule has 26 heavy (non-hydrogen) atoms. The van der Waals surface area contributed by atoms with Gasteiger partial charge < -0.3 is 4.90 Å². The second-order valence-corrected chi connectivity index (χ2v) is 6.99. The zero-order valence-electron chi connectivity index (χ0n) is 14.6. The second kappa shape index (κ2) is 6.83. The van der Waals surface area contributed by atoms with Crippen molar-refractivity contribution in [3.8, 4) is 0 Å². The molecule has 0 spiro atoms. The summed E-state index contributed by atoms with van der Waals surface area (Å²) in [5.41, 5.74) is 0.856. The maximum Gasteiger partial charge on any atom is 0.334 e. The Bertz CT molecular complexity index is 876. The van der Waals surface area contributed by atoms with Crippen LogP contribution in [-0.4, -0.2) is 63.6 Å². The number of likely N-dealkylation sites (N-methyl/N-ethyl adjacent to an activating group) is 2. The summed E-state index contributed by atoms with van der Waals surface area (Å²) in [6.07, 6.45) is 0. The fourth-order valence-electron chi connectivity index (χ4n) is 2.67. The van der Waals surface area contributed by atoms with Crippen molar-refractivity contribution in [2.24, 2.45) is 0 Å². The summed E-state index contributed by atoms with van der Waals surface area (Å²) >= 11 is 1.48. The van der Waals surface area contributed by atoms with E-state index >= 15 is 0 Å². The SMILES string of the molecule is CCN1C(=O)C(=O)N(CC(=O)N(C)[C@@H](C)c2nc3ccccc3s2)C1=O. The fraction of sp³-hybridized carbons (Fsp3) is 0.353. The van der Waals surface area contributed by atoms with E-state index in [2.05, 4.69) is 4.98 Å². The lowest BCUT2D eigenvalue weighted by atomic mass is 10.3. The number of benzene rings is 1. The molecular formula is C17H18N4O4S. The highest BCUT2D eigenvalue weighted by Gasteiger charge is 2.44. The summed E-state index contributed by atoms with van der Waals surface area (Å²) in [4.78, 5) is 55.8. The van der Waals surface area contributed by atoms with Gasteiger partial charge in [-0.15, -0.1) is 11.3 Å². The zero-order valence-corrected chi connectivity index (χ0v) is 15.4. The van der Waals surface area contributed by atoms with Gasteiger partial charge >= 0.3 is 17.8 Å². The number of urea groups is 1. The molecule has 136 valence electrons. The topological polar surface area (TPSA) is 90.9 Å². The molecule has 9 heteroatoms. The number of hydrogen-bond acceptors (Lipinski definition) is 6. The number of nitrogens with zero attached hydrogens (tertiary/aromatic N) is 4. The van der Waals surface area contributed by atoms with Crippen molar-refractivity contribution in [3.05, 3.63) is 29.3 Å². The van der Waals surface area contributed by atoms with Crippen molar-refractivity contribution in [2.45, 2.75) is 19.9 Å². The van der Waals surface area contributed by atoms with Crippen LogP contribution in [0.25, 0.3) is 10.2 Å². The van der Waals surface area contributed by atoms with Crippen LogP contribution in [0.1, 0.15) is 24.9 Å². The minimum Gasteiger partial charge on any atom is -0.335 e. The maximum absolute atomic E-state index is 12.5. The van der Waals surface area contributed by atoms with Crippen molar-refractivity contribution in [2.75, 3.05) is 20.1 Å². The van der Waals surface area contributed by atoms with E-state index in [9.17, 15) is 19.2 Å². The van der Waals surface area contributed by atoms with E-state index in [0.29, 0.717) is 4.90 Å². The molecule has 1 aliphatic heterocycles. The summed E-state index contributed by atoms with van der Waals surface area (Å²) in [6.45, 7) is 3.04. The number of rotatable bonds is 5. The molecule has 0 N–H and O–H groups in total. The molecule has 2 heterocycles. The van der Waals surface area contributed by atoms with Crippen LogP contribution >= 0.6 is 11.3 Å². The molecule has 1 saturated heterocycles. The van der Waals surface area contributed by atoms with Crippen molar-refractivity contribution in [1.29, 1.82) is 0 Å². The molecule has 1 fully saturated rings. The number of aromatic nitrogens is 1. The molecule has 5 amide bonds. The number of amides is 5. The molecule has 0 unspecified atom stereocenters. The zero-order chi connectivity index (χ0) is 19.0. The van der Waals surface area contributed by atoms with E-state index in [0.717, 1.165) is 20.1 Å². The number of hydrogen-bond donors (Lipinski definition) is 0. The van der Waals surface area contributed by atoms with E-state index in [-0.39, 0.29) is 12.6 Å². The fourth-order valence-corrected chi connectivity index (χ4v) is 3.73. The van der Waals surface area contributed by atoms with Gasteiger partial charge in [-0.3, -0.25) is 19.3 Å². The number of fused-ring (bicyclic) bond motifs is 1. The van der Waals surface area contributed by atoms with Crippen molar-refractivity contribution >= 4 is 45.3 Å². The third kappa shape index (κ3) is 2.94. The predicted octanol–water partition coefficient (Wildman–Crippen LogP) is 1.63. The Labute approximate surface area is 154 Å². The molecule has 0 saturated carbocycles. The normalized spacial score (nSPS) is 15.9. The van der Waals surface area contributed by atoms with Gasteiger partial charge in [-0.05, 0) is 26.0 Å². The largest absolute Gasteiger partial charge is 0.335 e. The van der Waals surface area contributed by atoms with Gasteiger partial charge in [0.25, 0.3) is 0 Å². The molecule has 8 nitrogen and oxygen atoms in total. The first-order valence-corrected chi connectivity index (χ1v) is 8.95. The van der Waals surface area contributed by atoms with Gasteiger partial charge in [0.1, 0.15) is 11.6 Å². The van der Waals surface area contributed by atoms with E-state index in [1.54, 1.807) is 14.0 Å². The van der Waals surface area contributed by atoms with Gasteiger partial charge in [0, 0.05) is 13.6 Å². The lowest BCUT2D eigenvalue weighted by molar-refractivity contribution is -0.145. The Balaban J connectivity index is 1.74. The van der Waals surface area contributed by atoms with Crippen LogP contribution in [-0.2, 0) is 14.4 Å². The Morgan fingerprint density at radius 2 is 1.85 bits per heavy atom. The van der Waals surface area contributed by atoms with E-state index in [1.165, 1.54) is 16.2 Å². The lowest BCUT2D eigenvalue weighted by Gasteiger charge is -2.25. The Hall–Kier alpha value is -2.81. The first-order chi connectivity index (χ1) is 12.3. The van der Waals surface area contributed by atoms with Gasteiger partial charge in [0.2, 0.25) is 5.91 Å². The minimum atomic E-state index is -0.966. The van der Waals surface area contributed by atoms with Crippen molar-refractivity contribution < 1.29 is 19.2 Å². The first-order valence-electron chi connectivity index (χ1n) is 8.13. The molecule has 0 aliphatic carbocycles. The average molecular weight is 374 g/mol. The van der Waals surface area contributed by atoms with Crippen LogP contribution in [0, 0.1) is 0 Å². The smallest absolute Gasteiger partial charge is 0.334 e. The van der Waals surface area contributed by atoms with Crippen LogP contribution < -0.4 is 0 Å². The van der Waals surface area contributed by atoms with Gasteiger partial charge in [0.05, 0.1) is 16.3 Å². The molecule has 1 aliphatic rings. The number of thiazole rings is 1. The van der Waals surface area contributed by atoms with Crippen LogP contribution in [0.4, 0.5) is 4.79 Å². The average Bonchev–Trinajstić information content (AvgIpc) is 3.15. The van der Waals surface area contributed by atoms with E-state index in [1.807, 2.05) is 31.2 Å². The molecule has 0 radical (unpaired) electrons. The standard InChI is InChI=1S/C17H18N4O4S/c1-4-20-15(23)16(24)21(17(20)25)9-13(22)19(3)10(2)14-18-11-7-5-6-8-12(11)26-14/h5-8,10H,4,9H2,1-3H3/t10-/m0/s1. The van der Waals surface area contributed by atoms with Gasteiger partial charge in [-0.2, -0.15) is 0 Å². The molecule has 2 aromatic rings. The van der Waals surface area contributed by atoms with Crippen molar-refractivity contribution in [3.63, 3.8) is 0 Å². The quantitative estimate of drug-likeness (QED) is 0.586. The molecule has 1 aromatic heterocycles. The van der Waals surface area contributed by atoms with E-state index < -0.39 is 30.3 Å². The summed E-state index contributed by atoms with van der Waals surface area (Å²) in [6, 6.07) is 6.59. The summed E-state index contributed by atoms with van der Waals surface area (Å²) in [7, 11) is 1.59. The number of para-hydroxylation sites is 1. The molecular weight excluding hydrogens is 356 g/mol. The first kappa shape index (κ1) is 18.0. The third-order valence-electron chi connectivity index (χ3n) is 4.39. The Kier molecular flexibility index (Phi) is 4.73. The molecule has 3 rings (SSSR count). The highest BCUT2D eigenvalue weighted by atomic mass is 32.1. The van der Waals surface area contributed by atoms with Crippen LogP contribution in [0.2, 0.25) is 0 Å². The lowest BCUT2D eigenvalue weighted by Crippen LogP contribution is -2.42. The van der Waals surface area contributed by atoms with E-state index in [4.69, 9.17) is 0 Å². The minimum absolute atomic E-state index is 0.0893. The number of imide groups is 2. The van der Waals surface area contributed by atoms with Gasteiger partial charge in [-0.25, -0.2) is 14.7 Å². The van der Waals surface area contributed by atoms with Gasteiger partial charge in [0.15, 0.2) is 0 Å². The predicted molar refractivity (Wildman–Crippen MR) is 95.3 cm³/mol. The molecule has 1 atom stereocenters. The van der Waals surface area contributed by atoms with Gasteiger partial charge in [-0.1, -0.05) is 12.1 Å². The summed E-state index contributed by atoms with van der Waals surface area (Å²) < 4.78 is 1.02. The molecule has 0 bridgehead atoms. The maximum atomic E-state index is 12.5. The van der Waals surface area contributed by atoms with Crippen LogP contribution in [0.15, 0.2) is 24.3 Å². The Morgan fingerprint density at radius 3 is 2.46 bits per heavy atom. The van der Waals surface area contributed by atoms with Crippen molar-refractivity contribution in [1.82, 2.24) is 19.7 Å². The monoisotopic (exact) mass is 374 g/mol. The highest BCUT2D eigenvalue weighted by Crippen LogP contribution is 2.29. The number of carbonyl (C=O) groups is 4. The number of carbonyl (C=O) groups excluding carboxylic acids is 4. The summed E-state index contributed by atoms with van der Waals surface area (Å²) in [5.74, 6) is -2.30. The second-order valence-electron chi connectivity index (χ2n) is 5.92. The summed E-state index contributed by atoms with van der Waals surface area (Å²) in [5, 5.41) is 0.757. The third-order valence-corrected chi connectivity index (χ3v) is 5.59. The highest BCUT2D eigenvalue weighted by molar-refractivity contribution is 7.18. The molecule has 1 aromatic carbocycles. The Morgan fingerprint density at radius 1 is 1.19 bits per heavy atom.